The second kappa shape index (κ2) is 11.1. The lowest BCUT2D eigenvalue weighted by molar-refractivity contribution is 0.670. The summed E-state index contributed by atoms with van der Waals surface area (Å²) < 4.78 is 6.41. The zero-order chi connectivity index (χ0) is 29.3. The quantitative estimate of drug-likeness (QED) is 0.200. The number of nitrogens with zero attached hydrogens (tertiary/aromatic N) is 1. The lowest BCUT2D eigenvalue weighted by Crippen LogP contribution is -2.10. The van der Waals surface area contributed by atoms with Gasteiger partial charge in [0, 0.05) is 33.4 Å². The molecule has 0 spiro atoms. The Morgan fingerprint density at radius 3 is 1.59 bits per heavy atom. The van der Waals surface area contributed by atoms with Crippen LogP contribution in [0.3, 0.4) is 0 Å². The van der Waals surface area contributed by atoms with Crippen LogP contribution >= 0.6 is 0 Å². The topological polar surface area (TPSA) is 16.4 Å². The minimum absolute atomic E-state index is 0.906. The van der Waals surface area contributed by atoms with Crippen LogP contribution in [0, 0.1) is 0 Å². The van der Waals surface area contributed by atoms with Crippen LogP contribution in [0.15, 0.2) is 180 Å². The summed E-state index contributed by atoms with van der Waals surface area (Å²) in [7, 11) is 0. The van der Waals surface area contributed by atoms with Crippen LogP contribution in [0.1, 0.15) is 0 Å². The van der Waals surface area contributed by atoms with Crippen LogP contribution in [0.5, 0.6) is 0 Å². The molecule has 7 aromatic carbocycles. The van der Waals surface area contributed by atoms with Gasteiger partial charge in [0.1, 0.15) is 11.2 Å². The molecule has 1 heterocycles. The summed E-state index contributed by atoms with van der Waals surface area (Å²) in [4.78, 5) is 2.34. The van der Waals surface area contributed by atoms with Crippen molar-refractivity contribution in [3.8, 4) is 33.4 Å². The molecule has 8 rings (SSSR count). The zero-order valence-electron chi connectivity index (χ0n) is 24.1. The van der Waals surface area contributed by atoms with Gasteiger partial charge in [-0.2, -0.15) is 0 Å². The van der Waals surface area contributed by atoms with E-state index in [9.17, 15) is 0 Å². The van der Waals surface area contributed by atoms with E-state index in [4.69, 9.17) is 4.42 Å². The summed E-state index contributed by atoms with van der Waals surface area (Å²) in [5.41, 5.74) is 12.0. The Kier molecular flexibility index (Phi) is 6.51. The molecular formula is C42H29NO. The summed E-state index contributed by atoms with van der Waals surface area (Å²) >= 11 is 0. The van der Waals surface area contributed by atoms with Gasteiger partial charge in [-0.15, -0.1) is 0 Å². The highest BCUT2D eigenvalue weighted by Gasteiger charge is 2.17. The van der Waals surface area contributed by atoms with E-state index in [-0.39, 0.29) is 0 Å². The first-order valence-corrected chi connectivity index (χ1v) is 14.9. The molecule has 0 amide bonds. The minimum atomic E-state index is 0.906. The van der Waals surface area contributed by atoms with Crippen molar-refractivity contribution in [2.45, 2.75) is 0 Å². The Bertz CT molecular complexity index is 2210. The zero-order valence-corrected chi connectivity index (χ0v) is 24.1. The van der Waals surface area contributed by atoms with Crippen LogP contribution in [-0.2, 0) is 0 Å². The molecule has 0 fully saturated rings. The predicted molar refractivity (Wildman–Crippen MR) is 185 cm³/mol. The van der Waals surface area contributed by atoms with Crippen molar-refractivity contribution in [2.24, 2.45) is 0 Å². The first-order valence-electron chi connectivity index (χ1n) is 14.9. The van der Waals surface area contributed by atoms with E-state index in [1.165, 1.54) is 22.3 Å². The Morgan fingerprint density at radius 2 is 0.864 bits per heavy atom. The molecule has 2 nitrogen and oxygen atoms in total. The maximum atomic E-state index is 6.41. The number of hydrogen-bond donors (Lipinski definition) is 0. The van der Waals surface area contributed by atoms with Crippen molar-refractivity contribution in [3.05, 3.63) is 176 Å². The number of para-hydroxylation sites is 2. The highest BCUT2D eigenvalue weighted by molar-refractivity contribution is 6.09. The fraction of sp³-hybridized carbons (Fsp3) is 0. The summed E-state index contributed by atoms with van der Waals surface area (Å²) in [6.45, 7) is 0. The fourth-order valence-electron chi connectivity index (χ4n) is 6.12. The van der Waals surface area contributed by atoms with Gasteiger partial charge in [0.05, 0.1) is 0 Å². The first-order chi connectivity index (χ1) is 21.8. The van der Waals surface area contributed by atoms with Crippen LogP contribution in [0.4, 0.5) is 17.1 Å². The van der Waals surface area contributed by atoms with E-state index >= 15 is 0 Å². The smallest absolute Gasteiger partial charge is 0.143 e. The third-order valence-electron chi connectivity index (χ3n) is 8.26. The molecule has 0 saturated carbocycles. The molecule has 0 N–H and O–H groups in total. The molecule has 0 unspecified atom stereocenters. The number of furan rings is 1. The molecule has 8 aromatic rings. The molecule has 0 aliphatic heterocycles. The summed E-state index contributed by atoms with van der Waals surface area (Å²) in [6, 6.07) is 62.1. The predicted octanol–water partition coefficient (Wildman–Crippen LogP) is 12.1. The van der Waals surface area contributed by atoms with Gasteiger partial charge in [0.25, 0.3) is 0 Å². The van der Waals surface area contributed by atoms with E-state index in [2.05, 4.69) is 169 Å². The van der Waals surface area contributed by atoms with Crippen molar-refractivity contribution < 1.29 is 4.42 Å². The Morgan fingerprint density at radius 1 is 0.341 bits per heavy atom. The largest absolute Gasteiger partial charge is 0.455 e. The van der Waals surface area contributed by atoms with Gasteiger partial charge >= 0.3 is 0 Å². The molecule has 0 aliphatic rings. The molecule has 2 heteroatoms. The van der Waals surface area contributed by atoms with E-state index in [1.54, 1.807) is 0 Å². The second-order valence-electron chi connectivity index (χ2n) is 11.0. The number of fused-ring (bicyclic) bond motifs is 3. The molecule has 0 radical (unpaired) electrons. The van der Waals surface area contributed by atoms with Crippen molar-refractivity contribution >= 4 is 39.0 Å². The van der Waals surface area contributed by atoms with Gasteiger partial charge in [-0.25, -0.2) is 0 Å². The molecule has 0 aliphatic carbocycles. The van der Waals surface area contributed by atoms with Crippen molar-refractivity contribution in [1.29, 1.82) is 0 Å². The molecule has 208 valence electrons. The number of rotatable bonds is 6. The van der Waals surface area contributed by atoms with Gasteiger partial charge in [-0.1, -0.05) is 133 Å². The van der Waals surface area contributed by atoms with Crippen molar-refractivity contribution in [2.75, 3.05) is 4.90 Å². The number of benzene rings is 7. The monoisotopic (exact) mass is 563 g/mol. The molecule has 0 atom stereocenters. The Labute approximate surface area is 257 Å². The Hall–Kier alpha value is -5.86. The Balaban J connectivity index is 1.27. The van der Waals surface area contributed by atoms with Crippen LogP contribution in [0.25, 0.3) is 55.3 Å². The standard InChI is InChI=1S/C42H29NO/c1-3-12-30(13-4-1)32-24-26-35(27-25-32)43(36-18-9-16-33(28-36)31-14-5-2-6-15-31)37-19-10-17-34(29-37)38-21-11-22-40-39-20-7-8-23-41(39)44-42(38)40/h1-29H. The van der Waals surface area contributed by atoms with Crippen molar-refractivity contribution in [3.63, 3.8) is 0 Å². The van der Waals surface area contributed by atoms with Crippen LogP contribution in [-0.4, -0.2) is 0 Å². The fourth-order valence-corrected chi connectivity index (χ4v) is 6.12. The molecule has 44 heavy (non-hydrogen) atoms. The summed E-state index contributed by atoms with van der Waals surface area (Å²) in [5, 5.41) is 2.27. The number of anilines is 3. The minimum Gasteiger partial charge on any atom is -0.455 e. The SMILES string of the molecule is c1ccc(-c2ccc(N(c3cccc(-c4ccccc4)c3)c3cccc(-c4cccc5c4oc4ccccc45)c3)cc2)cc1. The lowest BCUT2D eigenvalue weighted by atomic mass is 10.0. The van der Waals surface area contributed by atoms with E-state index in [0.29, 0.717) is 0 Å². The van der Waals surface area contributed by atoms with Gasteiger partial charge in [-0.05, 0) is 70.3 Å². The lowest BCUT2D eigenvalue weighted by Gasteiger charge is -2.27. The average Bonchev–Trinajstić information content (AvgIpc) is 3.49. The van der Waals surface area contributed by atoms with Crippen molar-refractivity contribution in [1.82, 2.24) is 0 Å². The third-order valence-corrected chi connectivity index (χ3v) is 8.26. The molecule has 0 saturated heterocycles. The summed E-state index contributed by atoms with van der Waals surface area (Å²) in [5.74, 6) is 0. The van der Waals surface area contributed by atoms with Gasteiger partial charge in [0.2, 0.25) is 0 Å². The van der Waals surface area contributed by atoms with Gasteiger partial charge < -0.3 is 9.32 Å². The third kappa shape index (κ3) is 4.73. The van der Waals surface area contributed by atoms with Crippen LogP contribution < -0.4 is 4.90 Å². The molecule has 1 aromatic heterocycles. The highest BCUT2D eigenvalue weighted by atomic mass is 16.3. The average molecular weight is 564 g/mol. The maximum absolute atomic E-state index is 6.41. The van der Waals surface area contributed by atoms with Gasteiger partial charge in [-0.3, -0.25) is 0 Å². The molecular weight excluding hydrogens is 534 g/mol. The first kappa shape index (κ1) is 25.8. The van der Waals surface area contributed by atoms with E-state index in [0.717, 1.165) is 50.1 Å². The highest BCUT2D eigenvalue weighted by Crippen LogP contribution is 2.41. The molecule has 0 bridgehead atoms. The van der Waals surface area contributed by atoms with E-state index < -0.39 is 0 Å². The summed E-state index contributed by atoms with van der Waals surface area (Å²) in [6.07, 6.45) is 0. The van der Waals surface area contributed by atoms with E-state index in [1.807, 2.05) is 12.1 Å². The van der Waals surface area contributed by atoms with Gasteiger partial charge in [0.15, 0.2) is 0 Å². The second-order valence-corrected chi connectivity index (χ2v) is 11.0. The normalized spacial score (nSPS) is 11.2. The van der Waals surface area contributed by atoms with Crippen LogP contribution in [0.2, 0.25) is 0 Å². The maximum Gasteiger partial charge on any atom is 0.143 e. The number of hydrogen-bond acceptors (Lipinski definition) is 2.